The van der Waals surface area contributed by atoms with Crippen LogP contribution >= 0.6 is 0 Å². The number of benzene rings is 1. The number of likely N-dealkylation sites (tertiary alicyclic amines) is 1. The van der Waals surface area contributed by atoms with E-state index in [1.165, 1.54) is 13.2 Å². The first-order valence-corrected chi connectivity index (χ1v) is 9.82. The summed E-state index contributed by atoms with van der Waals surface area (Å²) in [5.41, 5.74) is 0.504. The second-order valence-electron chi connectivity index (χ2n) is 8.63. The van der Waals surface area contributed by atoms with Crippen LogP contribution in [0.4, 0.5) is 9.18 Å². The number of carbonyl (C=O) groups is 1. The standard InChI is InChI=1S/C21H31FN2O3/c1-21(2,3)27-20(25)24-10-8-14(9-11-24)13-23-18-12-16(18)15-6-5-7-17(22)19(15)26-4/h5-7,14,16,18,23H,8-13H2,1-4H3. The number of para-hydroxylation sites is 1. The van der Waals surface area contributed by atoms with Crippen LogP contribution in [0.25, 0.3) is 0 Å². The molecule has 2 unspecified atom stereocenters. The van der Waals surface area contributed by atoms with E-state index in [2.05, 4.69) is 5.32 Å². The topological polar surface area (TPSA) is 50.8 Å². The Morgan fingerprint density at radius 1 is 1.30 bits per heavy atom. The van der Waals surface area contributed by atoms with Gasteiger partial charge in [-0.15, -0.1) is 0 Å². The summed E-state index contributed by atoms with van der Waals surface area (Å²) in [5, 5.41) is 3.62. The predicted molar refractivity (Wildman–Crippen MR) is 103 cm³/mol. The summed E-state index contributed by atoms with van der Waals surface area (Å²) in [6.07, 6.45) is 2.76. The van der Waals surface area contributed by atoms with E-state index in [1.54, 1.807) is 11.0 Å². The molecule has 5 nitrogen and oxygen atoms in total. The minimum Gasteiger partial charge on any atom is -0.493 e. The lowest BCUT2D eigenvalue weighted by molar-refractivity contribution is 0.0184. The van der Waals surface area contributed by atoms with Crippen LogP contribution in [0.2, 0.25) is 0 Å². The third kappa shape index (κ3) is 5.12. The van der Waals surface area contributed by atoms with Gasteiger partial charge in [0, 0.05) is 30.6 Å². The average Bonchev–Trinajstić information content (AvgIpc) is 3.38. The molecule has 1 aliphatic heterocycles. The van der Waals surface area contributed by atoms with E-state index in [9.17, 15) is 9.18 Å². The van der Waals surface area contributed by atoms with Crippen molar-refractivity contribution in [3.8, 4) is 5.75 Å². The number of nitrogens with one attached hydrogen (secondary N) is 1. The van der Waals surface area contributed by atoms with Crippen LogP contribution in [0.5, 0.6) is 5.75 Å². The fourth-order valence-corrected chi connectivity index (χ4v) is 3.76. The molecule has 2 atom stereocenters. The van der Waals surface area contributed by atoms with Crippen LogP contribution in [0.1, 0.15) is 51.5 Å². The van der Waals surface area contributed by atoms with Crippen molar-refractivity contribution in [3.63, 3.8) is 0 Å². The van der Waals surface area contributed by atoms with Crippen molar-refractivity contribution in [2.24, 2.45) is 5.92 Å². The highest BCUT2D eigenvalue weighted by molar-refractivity contribution is 5.68. The lowest BCUT2D eigenvalue weighted by atomic mass is 9.97. The predicted octanol–water partition coefficient (Wildman–Crippen LogP) is 3.93. The molecule has 1 aromatic rings. The molecule has 3 rings (SSSR count). The maximum absolute atomic E-state index is 13.9. The van der Waals surface area contributed by atoms with Gasteiger partial charge in [-0.25, -0.2) is 9.18 Å². The Bertz CT molecular complexity index is 666. The van der Waals surface area contributed by atoms with Crippen LogP contribution in [-0.4, -0.2) is 49.4 Å². The molecule has 6 heteroatoms. The average molecular weight is 378 g/mol. The number of amides is 1. The van der Waals surface area contributed by atoms with Crippen LogP contribution in [0.3, 0.4) is 0 Å². The van der Waals surface area contributed by atoms with E-state index in [-0.39, 0.29) is 11.9 Å². The number of nitrogens with zero attached hydrogens (tertiary/aromatic N) is 1. The van der Waals surface area contributed by atoms with Crippen molar-refractivity contribution >= 4 is 6.09 Å². The summed E-state index contributed by atoms with van der Waals surface area (Å²) >= 11 is 0. The minimum atomic E-state index is -0.450. The number of piperidine rings is 1. The van der Waals surface area contributed by atoms with Gasteiger partial charge in [0.15, 0.2) is 11.6 Å². The highest BCUT2D eigenvalue weighted by Crippen LogP contribution is 2.45. The fraction of sp³-hybridized carbons (Fsp3) is 0.667. The largest absolute Gasteiger partial charge is 0.493 e. The van der Waals surface area contributed by atoms with E-state index in [1.807, 2.05) is 26.8 Å². The Balaban J connectivity index is 1.42. The highest BCUT2D eigenvalue weighted by atomic mass is 19.1. The Labute approximate surface area is 161 Å². The third-order valence-corrected chi connectivity index (χ3v) is 5.33. The van der Waals surface area contributed by atoms with Crippen LogP contribution < -0.4 is 10.1 Å². The number of rotatable bonds is 5. The van der Waals surface area contributed by atoms with Gasteiger partial charge in [-0.3, -0.25) is 0 Å². The minimum absolute atomic E-state index is 0.214. The number of carbonyl (C=O) groups excluding carboxylic acids is 1. The molecule has 1 saturated carbocycles. The molecule has 0 radical (unpaired) electrons. The van der Waals surface area contributed by atoms with E-state index in [4.69, 9.17) is 9.47 Å². The van der Waals surface area contributed by atoms with Gasteiger partial charge in [0.1, 0.15) is 5.60 Å². The van der Waals surface area contributed by atoms with Crippen molar-refractivity contribution in [1.82, 2.24) is 10.2 Å². The number of ether oxygens (including phenoxy) is 2. The molecule has 150 valence electrons. The number of hydrogen-bond acceptors (Lipinski definition) is 4. The Morgan fingerprint density at radius 3 is 2.63 bits per heavy atom. The number of methoxy groups -OCH3 is 1. The van der Waals surface area contributed by atoms with E-state index in [0.717, 1.165) is 44.5 Å². The Morgan fingerprint density at radius 2 is 2.00 bits per heavy atom. The summed E-state index contributed by atoms with van der Waals surface area (Å²) in [5.74, 6) is 0.949. The first-order chi connectivity index (χ1) is 12.8. The summed E-state index contributed by atoms with van der Waals surface area (Å²) in [6.45, 7) is 8.09. The molecule has 2 aliphatic rings. The van der Waals surface area contributed by atoms with Gasteiger partial charge in [-0.1, -0.05) is 12.1 Å². The summed E-state index contributed by atoms with van der Waals surface area (Å²) in [7, 11) is 1.52. The van der Waals surface area contributed by atoms with Gasteiger partial charge in [-0.2, -0.15) is 0 Å². The second-order valence-corrected chi connectivity index (χ2v) is 8.63. The summed E-state index contributed by atoms with van der Waals surface area (Å²) in [6, 6.07) is 5.51. The zero-order valence-electron chi connectivity index (χ0n) is 16.8. The van der Waals surface area contributed by atoms with Crippen molar-refractivity contribution in [3.05, 3.63) is 29.6 Å². The molecular formula is C21H31FN2O3. The Kier molecular flexibility index (Phi) is 5.94. The lowest BCUT2D eigenvalue weighted by Crippen LogP contribution is -2.43. The van der Waals surface area contributed by atoms with Gasteiger partial charge >= 0.3 is 6.09 Å². The monoisotopic (exact) mass is 378 g/mol. The van der Waals surface area contributed by atoms with Crippen LogP contribution in [0.15, 0.2) is 18.2 Å². The lowest BCUT2D eigenvalue weighted by Gasteiger charge is -2.33. The SMILES string of the molecule is COc1c(F)cccc1C1CC1NCC1CCN(C(=O)OC(C)(C)C)CC1. The summed E-state index contributed by atoms with van der Waals surface area (Å²) in [4.78, 5) is 13.9. The third-order valence-electron chi connectivity index (χ3n) is 5.33. The molecule has 0 aromatic heterocycles. The van der Waals surface area contributed by atoms with Crippen molar-refractivity contribution in [2.45, 2.75) is 57.6 Å². The van der Waals surface area contributed by atoms with Crippen LogP contribution in [0, 0.1) is 11.7 Å². The molecule has 1 heterocycles. The Hall–Kier alpha value is -1.82. The van der Waals surface area contributed by atoms with Gasteiger partial charge in [0.25, 0.3) is 0 Å². The van der Waals surface area contributed by atoms with Crippen molar-refractivity contribution in [2.75, 3.05) is 26.7 Å². The smallest absolute Gasteiger partial charge is 0.410 e. The van der Waals surface area contributed by atoms with E-state index in [0.29, 0.717) is 23.6 Å². The van der Waals surface area contributed by atoms with Crippen molar-refractivity contribution in [1.29, 1.82) is 0 Å². The second kappa shape index (κ2) is 8.05. The van der Waals surface area contributed by atoms with Gasteiger partial charge in [0.2, 0.25) is 0 Å². The fourth-order valence-electron chi connectivity index (χ4n) is 3.76. The number of halogens is 1. The van der Waals surface area contributed by atoms with Gasteiger partial charge in [0.05, 0.1) is 7.11 Å². The number of hydrogen-bond donors (Lipinski definition) is 1. The molecule has 1 amide bonds. The molecule has 1 N–H and O–H groups in total. The van der Waals surface area contributed by atoms with Crippen LogP contribution in [-0.2, 0) is 4.74 Å². The van der Waals surface area contributed by atoms with Gasteiger partial charge in [-0.05, 0) is 58.6 Å². The zero-order chi connectivity index (χ0) is 19.6. The molecule has 27 heavy (non-hydrogen) atoms. The normalized spacial score (nSPS) is 23.2. The van der Waals surface area contributed by atoms with Crippen molar-refractivity contribution < 1.29 is 18.7 Å². The first-order valence-electron chi connectivity index (χ1n) is 9.82. The van der Waals surface area contributed by atoms with E-state index < -0.39 is 5.60 Å². The molecule has 0 spiro atoms. The highest BCUT2D eigenvalue weighted by Gasteiger charge is 2.40. The van der Waals surface area contributed by atoms with Gasteiger partial charge < -0.3 is 19.7 Å². The maximum atomic E-state index is 13.9. The zero-order valence-corrected chi connectivity index (χ0v) is 16.8. The molecule has 0 bridgehead atoms. The molecule has 1 aromatic carbocycles. The van der Waals surface area contributed by atoms with E-state index >= 15 is 0 Å². The quantitative estimate of drug-likeness (QED) is 0.844. The summed E-state index contributed by atoms with van der Waals surface area (Å²) < 4.78 is 24.5. The molecular weight excluding hydrogens is 347 g/mol. The molecule has 1 aliphatic carbocycles. The molecule has 2 fully saturated rings. The molecule has 1 saturated heterocycles. The first kappa shape index (κ1) is 19.9. The maximum Gasteiger partial charge on any atom is 0.410 e.